The van der Waals surface area contributed by atoms with Crippen LogP contribution in [0.25, 0.3) is 32.9 Å². The number of aromatic amines is 1. The van der Waals surface area contributed by atoms with Crippen molar-refractivity contribution in [1.82, 2.24) is 4.98 Å². The van der Waals surface area contributed by atoms with E-state index in [4.69, 9.17) is 0 Å². The van der Waals surface area contributed by atoms with Gasteiger partial charge in [-0.15, -0.1) is 0 Å². The van der Waals surface area contributed by atoms with Gasteiger partial charge in [0.2, 0.25) is 0 Å². The molecule has 1 aromatic heterocycles. The van der Waals surface area contributed by atoms with E-state index >= 15 is 0 Å². The fraction of sp³-hybridized carbons (Fsp3) is 0.0833. The highest BCUT2D eigenvalue weighted by Gasteiger charge is 2.11. The van der Waals surface area contributed by atoms with Gasteiger partial charge in [-0.25, -0.2) is 0 Å². The molecule has 3 aromatic carbocycles. The molecule has 0 aliphatic heterocycles. The van der Waals surface area contributed by atoms with Crippen LogP contribution < -0.4 is 0 Å². The second-order valence-corrected chi connectivity index (χ2v) is 6.71. The number of H-pyrrole nitrogens is 1. The molecule has 0 saturated carbocycles. The van der Waals surface area contributed by atoms with Crippen LogP contribution in [0.4, 0.5) is 0 Å². The van der Waals surface area contributed by atoms with E-state index in [2.05, 4.69) is 96.0 Å². The van der Waals surface area contributed by atoms with Crippen LogP contribution in [0.3, 0.4) is 0 Å². The Morgan fingerprint density at radius 1 is 0.720 bits per heavy atom. The second-order valence-electron chi connectivity index (χ2n) is 6.71. The van der Waals surface area contributed by atoms with E-state index in [0.717, 1.165) is 6.42 Å². The first kappa shape index (κ1) is 14.3. The lowest BCUT2D eigenvalue weighted by Gasteiger charge is -2.13. The van der Waals surface area contributed by atoms with Crippen LogP contribution in [-0.4, -0.2) is 4.98 Å². The minimum absolute atomic E-state index is 0.487. The molecular weight excluding hydrogens is 302 g/mol. The lowest BCUT2D eigenvalue weighted by Crippen LogP contribution is -1.95. The van der Waals surface area contributed by atoms with Gasteiger partial charge in [-0.2, -0.15) is 0 Å². The molecule has 0 spiro atoms. The number of hydrogen-bond acceptors (Lipinski definition) is 0. The first-order chi connectivity index (χ1) is 12.4. The molecule has 1 heteroatoms. The van der Waals surface area contributed by atoms with Crippen molar-refractivity contribution in [2.24, 2.45) is 0 Å². The van der Waals surface area contributed by atoms with Crippen LogP contribution in [0, 0.1) is 0 Å². The quantitative estimate of drug-likeness (QED) is 0.429. The zero-order chi connectivity index (χ0) is 16.6. The molecule has 25 heavy (non-hydrogen) atoms. The van der Waals surface area contributed by atoms with Crippen molar-refractivity contribution >= 4 is 21.8 Å². The lowest BCUT2D eigenvalue weighted by molar-refractivity contribution is 0.855. The molecule has 4 aromatic rings. The highest BCUT2D eigenvalue weighted by Crippen LogP contribution is 2.33. The molecule has 0 radical (unpaired) electrons. The van der Waals surface area contributed by atoms with Crippen LogP contribution in [0.15, 0.2) is 91.0 Å². The molecule has 0 saturated heterocycles. The largest absolute Gasteiger partial charge is 0.354 e. The minimum Gasteiger partial charge on any atom is -0.354 e. The Labute approximate surface area is 147 Å². The fourth-order valence-electron chi connectivity index (χ4n) is 3.80. The van der Waals surface area contributed by atoms with E-state index in [1.165, 1.54) is 38.5 Å². The molecule has 1 aliphatic carbocycles. The van der Waals surface area contributed by atoms with Crippen molar-refractivity contribution in [3.8, 4) is 11.1 Å². The van der Waals surface area contributed by atoms with Crippen LogP contribution in [-0.2, 0) is 0 Å². The molecule has 120 valence electrons. The molecule has 1 atom stereocenters. The lowest BCUT2D eigenvalue weighted by atomic mass is 9.92. The first-order valence-corrected chi connectivity index (χ1v) is 8.83. The third kappa shape index (κ3) is 2.49. The summed E-state index contributed by atoms with van der Waals surface area (Å²) < 4.78 is 0. The molecular formula is C24H19N. The summed E-state index contributed by atoms with van der Waals surface area (Å²) >= 11 is 0. The highest BCUT2D eigenvalue weighted by atomic mass is 14.7. The molecule has 1 heterocycles. The number of benzene rings is 3. The zero-order valence-electron chi connectivity index (χ0n) is 13.9. The van der Waals surface area contributed by atoms with Crippen molar-refractivity contribution in [3.63, 3.8) is 0 Å². The Balaban J connectivity index is 1.62. The number of nitrogens with one attached hydrogen (secondary N) is 1. The van der Waals surface area contributed by atoms with Gasteiger partial charge >= 0.3 is 0 Å². The Hall–Kier alpha value is -3.06. The third-order valence-corrected chi connectivity index (χ3v) is 5.14. The van der Waals surface area contributed by atoms with Crippen LogP contribution in [0.2, 0.25) is 0 Å². The monoisotopic (exact) mass is 321 g/mol. The van der Waals surface area contributed by atoms with Gasteiger partial charge in [-0.1, -0.05) is 78.9 Å². The predicted molar refractivity (Wildman–Crippen MR) is 107 cm³/mol. The molecule has 0 fully saturated rings. The van der Waals surface area contributed by atoms with Gasteiger partial charge in [0.1, 0.15) is 0 Å². The van der Waals surface area contributed by atoms with Gasteiger partial charge in [0.25, 0.3) is 0 Å². The maximum Gasteiger partial charge on any atom is 0.0471 e. The van der Waals surface area contributed by atoms with E-state index in [-0.39, 0.29) is 0 Å². The van der Waals surface area contributed by atoms with Gasteiger partial charge < -0.3 is 4.98 Å². The Morgan fingerprint density at radius 3 is 2.32 bits per heavy atom. The zero-order valence-corrected chi connectivity index (χ0v) is 13.9. The third-order valence-electron chi connectivity index (χ3n) is 5.14. The second kappa shape index (κ2) is 5.78. The highest BCUT2D eigenvalue weighted by molar-refractivity contribution is 6.08. The summed E-state index contributed by atoms with van der Waals surface area (Å²) in [6, 6.07) is 24.1. The van der Waals surface area contributed by atoms with Crippen molar-refractivity contribution in [2.45, 2.75) is 12.3 Å². The molecule has 1 nitrogen and oxygen atoms in total. The number of aromatic nitrogens is 1. The Kier molecular flexibility index (Phi) is 3.31. The smallest absolute Gasteiger partial charge is 0.0471 e. The average Bonchev–Trinajstić information content (AvgIpc) is 3.06. The molecule has 0 amide bonds. The first-order valence-electron chi connectivity index (χ1n) is 8.83. The van der Waals surface area contributed by atoms with Gasteiger partial charge in [0.05, 0.1) is 0 Å². The van der Waals surface area contributed by atoms with Gasteiger partial charge in [-0.05, 0) is 35.2 Å². The predicted octanol–water partition coefficient (Wildman–Crippen LogP) is 6.59. The molecule has 1 unspecified atom stereocenters. The summed E-state index contributed by atoms with van der Waals surface area (Å²) in [7, 11) is 0. The topological polar surface area (TPSA) is 15.8 Å². The van der Waals surface area contributed by atoms with E-state index in [0.29, 0.717) is 5.92 Å². The Morgan fingerprint density at radius 2 is 1.52 bits per heavy atom. The summed E-state index contributed by atoms with van der Waals surface area (Å²) in [6.07, 6.45) is 9.89. The summed E-state index contributed by atoms with van der Waals surface area (Å²) in [6.45, 7) is 0. The maximum absolute atomic E-state index is 3.63. The Bertz CT molecular complexity index is 1110. The van der Waals surface area contributed by atoms with E-state index in [9.17, 15) is 0 Å². The van der Waals surface area contributed by atoms with Crippen molar-refractivity contribution < 1.29 is 0 Å². The number of allylic oxidation sites excluding steroid dienone is 4. The average molecular weight is 321 g/mol. The van der Waals surface area contributed by atoms with E-state index in [1.807, 2.05) is 0 Å². The van der Waals surface area contributed by atoms with Crippen molar-refractivity contribution in [1.29, 1.82) is 0 Å². The van der Waals surface area contributed by atoms with E-state index in [1.54, 1.807) is 0 Å². The fourth-order valence-corrected chi connectivity index (χ4v) is 3.80. The van der Waals surface area contributed by atoms with Gasteiger partial charge in [0.15, 0.2) is 0 Å². The number of fused-ring (bicyclic) bond motifs is 3. The summed E-state index contributed by atoms with van der Waals surface area (Å²) in [5, 5.41) is 2.59. The van der Waals surface area contributed by atoms with Crippen molar-refractivity contribution in [3.05, 3.63) is 96.6 Å². The standard InChI is InChI=1S/C24H19N/c1-3-7-17(8-4-1)19-11-13-21-22-14-12-20(18-9-5-2-6-10-18)16-24(22)25-23(21)15-19/h1-9,11-16,18,25H,10H2. The summed E-state index contributed by atoms with van der Waals surface area (Å²) in [5.41, 5.74) is 6.30. The van der Waals surface area contributed by atoms with Gasteiger partial charge in [0, 0.05) is 27.7 Å². The maximum atomic E-state index is 3.63. The van der Waals surface area contributed by atoms with Crippen LogP contribution >= 0.6 is 0 Å². The van der Waals surface area contributed by atoms with E-state index < -0.39 is 0 Å². The van der Waals surface area contributed by atoms with Crippen LogP contribution in [0.5, 0.6) is 0 Å². The molecule has 0 bridgehead atoms. The summed E-state index contributed by atoms with van der Waals surface area (Å²) in [4.78, 5) is 3.63. The van der Waals surface area contributed by atoms with Crippen LogP contribution in [0.1, 0.15) is 17.9 Å². The normalized spacial score (nSPS) is 16.7. The molecule has 5 rings (SSSR count). The van der Waals surface area contributed by atoms with Gasteiger partial charge in [-0.3, -0.25) is 0 Å². The molecule has 1 aliphatic rings. The summed E-state index contributed by atoms with van der Waals surface area (Å²) in [5.74, 6) is 0.487. The van der Waals surface area contributed by atoms with Crippen molar-refractivity contribution in [2.75, 3.05) is 0 Å². The number of rotatable bonds is 2. The SMILES string of the molecule is C1=CCC(c2ccc3c(c2)[nH]c2cc(-c4ccccc4)ccc23)C=C1. The number of hydrogen-bond donors (Lipinski definition) is 1. The molecule has 1 N–H and O–H groups in total. The minimum atomic E-state index is 0.487.